The molecule has 1 aromatic heterocycles. The van der Waals surface area contributed by atoms with Gasteiger partial charge in [-0.1, -0.05) is 24.6 Å². The van der Waals surface area contributed by atoms with Crippen molar-refractivity contribution >= 4 is 9.84 Å². The molecular formula is C23H26N2O3S. The molecule has 0 bridgehead atoms. The van der Waals surface area contributed by atoms with Crippen LogP contribution in [-0.2, 0) is 16.4 Å². The molecule has 0 atom stereocenters. The zero-order valence-corrected chi connectivity index (χ0v) is 17.4. The zero-order chi connectivity index (χ0) is 20.3. The number of aromatic nitrogens is 1. The van der Waals surface area contributed by atoms with Crippen LogP contribution in [0.2, 0.25) is 0 Å². The van der Waals surface area contributed by atoms with Crippen LogP contribution in [0.25, 0.3) is 11.3 Å². The van der Waals surface area contributed by atoms with E-state index >= 15 is 0 Å². The molecule has 2 aromatic carbocycles. The minimum Gasteiger partial charge on any atom is -0.496 e. The Balaban J connectivity index is 1.66. The van der Waals surface area contributed by atoms with Gasteiger partial charge in [-0.25, -0.2) is 8.42 Å². The van der Waals surface area contributed by atoms with Crippen LogP contribution in [0.3, 0.4) is 0 Å². The number of piperidine rings is 1. The van der Waals surface area contributed by atoms with E-state index in [1.165, 1.54) is 19.3 Å². The minimum absolute atomic E-state index is 0.256. The van der Waals surface area contributed by atoms with Crippen molar-refractivity contribution in [1.82, 2.24) is 9.88 Å². The molecule has 1 N–H and O–H groups in total. The van der Waals surface area contributed by atoms with E-state index in [2.05, 4.69) is 16.0 Å². The molecule has 2 heterocycles. The summed E-state index contributed by atoms with van der Waals surface area (Å²) in [5.41, 5.74) is 2.73. The number of nitrogens with zero attached hydrogens (tertiary/aromatic N) is 1. The molecule has 5 nitrogen and oxygen atoms in total. The number of likely N-dealkylation sites (tertiary alicyclic amines) is 1. The van der Waals surface area contributed by atoms with Gasteiger partial charge in [0, 0.05) is 23.5 Å². The molecule has 0 saturated carbocycles. The summed E-state index contributed by atoms with van der Waals surface area (Å²) in [6.07, 6.45) is 3.81. The van der Waals surface area contributed by atoms with Crippen molar-refractivity contribution in [1.29, 1.82) is 0 Å². The fourth-order valence-corrected chi connectivity index (χ4v) is 5.16. The van der Waals surface area contributed by atoms with Gasteiger partial charge in [0.05, 0.1) is 16.9 Å². The Morgan fingerprint density at radius 1 is 0.931 bits per heavy atom. The third-order valence-corrected chi connectivity index (χ3v) is 7.18. The maximum absolute atomic E-state index is 13.0. The molecule has 0 radical (unpaired) electrons. The normalized spacial score (nSPS) is 15.3. The van der Waals surface area contributed by atoms with Gasteiger partial charge < -0.3 is 9.72 Å². The fourth-order valence-electron chi connectivity index (χ4n) is 3.85. The maximum Gasteiger partial charge on any atom is 0.206 e. The summed E-state index contributed by atoms with van der Waals surface area (Å²) in [4.78, 5) is 6.45. The first kappa shape index (κ1) is 19.7. The van der Waals surface area contributed by atoms with Crippen molar-refractivity contribution in [2.45, 2.75) is 35.6 Å². The number of sulfone groups is 1. The molecule has 0 amide bonds. The molecular weight excluding hydrogens is 384 g/mol. The van der Waals surface area contributed by atoms with Crippen LogP contribution in [0.15, 0.2) is 70.5 Å². The quantitative estimate of drug-likeness (QED) is 0.649. The summed E-state index contributed by atoms with van der Waals surface area (Å²) in [5.74, 6) is 0.642. The predicted octanol–water partition coefficient (Wildman–Crippen LogP) is 4.51. The van der Waals surface area contributed by atoms with E-state index in [-0.39, 0.29) is 9.79 Å². The van der Waals surface area contributed by atoms with Crippen molar-refractivity contribution in [3.8, 4) is 17.0 Å². The highest BCUT2D eigenvalue weighted by atomic mass is 32.2. The topological polar surface area (TPSA) is 62.4 Å². The Hall–Kier alpha value is -2.57. The summed E-state index contributed by atoms with van der Waals surface area (Å²) < 4.78 is 31.6. The number of ether oxygens (including phenoxy) is 1. The number of rotatable bonds is 6. The highest BCUT2D eigenvalue weighted by Gasteiger charge is 2.20. The van der Waals surface area contributed by atoms with E-state index in [1.807, 2.05) is 6.07 Å². The summed E-state index contributed by atoms with van der Waals surface area (Å²) in [5, 5.41) is 0. The fraction of sp³-hybridized carbons (Fsp3) is 0.304. The van der Waals surface area contributed by atoms with E-state index in [4.69, 9.17) is 4.74 Å². The first-order valence-corrected chi connectivity index (χ1v) is 11.4. The van der Waals surface area contributed by atoms with Crippen molar-refractivity contribution < 1.29 is 13.2 Å². The van der Waals surface area contributed by atoms with Gasteiger partial charge in [0.2, 0.25) is 9.84 Å². The van der Waals surface area contributed by atoms with Crippen molar-refractivity contribution in [3.63, 3.8) is 0 Å². The maximum atomic E-state index is 13.0. The van der Waals surface area contributed by atoms with Gasteiger partial charge >= 0.3 is 0 Å². The zero-order valence-electron chi connectivity index (χ0n) is 16.6. The molecule has 0 spiro atoms. The lowest BCUT2D eigenvalue weighted by molar-refractivity contribution is 0.219. The van der Waals surface area contributed by atoms with Crippen LogP contribution in [0, 0.1) is 0 Å². The second-order valence-electron chi connectivity index (χ2n) is 7.41. The molecule has 1 fully saturated rings. The summed E-state index contributed by atoms with van der Waals surface area (Å²) in [6, 6.07) is 17.6. The van der Waals surface area contributed by atoms with Crippen LogP contribution >= 0.6 is 0 Å². The Labute approximate surface area is 172 Å². The van der Waals surface area contributed by atoms with E-state index < -0.39 is 9.84 Å². The second-order valence-corrected chi connectivity index (χ2v) is 9.36. The predicted molar refractivity (Wildman–Crippen MR) is 114 cm³/mol. The van der Waals surface area contributed by atoms with E-state index in [1.54, 1.807) is 55.6 Å². The first-order valence-electron chi connectivity index (χ1n) is 9.97. The standard InChI is InChI=1S/C23H26N2O3S/c1-28-23-13-11-20(29(26,27)19-8-4-2-5-9-19)16-21(23)22-12-10-18(24-22)17-25-14-6-3-7-15-25/h2,4-5,8-13,16,24H,3,6-7,14-15,17H2,1H3. The largest absolute Gasteiger partial charge is 0.496 e. The molecule has 1 aliphatic rings. The van der Waals surface area contributed by atoms with E-state index in [0.29, 0.717) is 5.75 Å². The lowest BCUT2D eigenvalue weighted by Gasteiger charge is -2.25. The number of aromatic amines is 1. The van der Waals surface area contributed by atoms with Crippen LogP contribution in [-0.4, -0.2) is 38.5 Å². The number of hydrogen-bond acceptors (Lipinski definition) is 4. The molecule has 1 saturated heterocycles. The van der Waals surface area contributed by atoms with Crippen LogP contribution in [0.4, 0.5) is 0 Å². The number of H-pyrrole nitrogens is 1. The van der Waals surface area contributed by atoms with Gasteiger partial charge in [0.15, 0.2) is 0 Å². The second kappa shape index (κ2) is 8.43. The number of benzene rings is 2. The van der Waals surface area contributed by atoms with Crippen LogP contribution < -0.4 is 4.74 Å². The summed E-state index contributed by atoms with van der Waals surface area (Å²) in [6.45, 7) is 3.13. The molecule has 0 aliphatic carbocycles. The minimum atomic E-state index is -3.59. The smallest absolute Gasteiger partial charge is 0.206 e. The van der Waals surface area contributed by atoms with Crippen molar-refractivity contribution in [2.75, 3.05) is 20.2 Å². The van der Waals surface area contributed by atoms with Crippen LogP contribution in [0.5, 0.6) is 5.75 Å². The van der Waals surface area contributed by atoms with Gasteiger partial charge in [0.1, 0.15) is 5.75 Å². The number of methoxy groups -OCH3 is 1. The molecule has 1 aliphatic heterocycles. The highest BCUT2D eigenvalue weighted by molar-refractivity contribution is 7.91. The third kappa shape index (κ3) is 4.23. The van der Waals surface area contributed by atoms with Gasteiger partial charge in [-0.2, -0.15) is 0 Å². The van der Waals surface area contributed by atoms with Gasteiger partial charge in [0.25, 0.3) is 0 Å². The molecule has 0 unspecified atom stereocenters. The van der Waals surface area contributed by atoms with Crippen molar-refractivity contribution in [2.24, 2.45) is 0 Å². The summed E-state index contributed by atoms with van der Waals surface area (Å²) >= 11 is 0. The first-order chi connectivity index (χ1) is 14.1. The van der Waals surface area contributed by atoms with Gasteiger partial charge in [-0.3, -0.25) is 4.90 Å². The van der Waals surface area contributed by atoms with Gasteiger partial charge in [-0.15, -0.1) is 0 Å². The lowest BCUT2D eigenvalue weighted by Crippen LogP contribution is -2.29. The average Bonchev–Trinajstić information content (AvgIpc) is 3.23. The summed E-state index contributed by atoms with van der Waals surface area (Å²) in [7, 11) is -1.99. The average molecular weight is 411 g/mol. The molecule has 6 heteroatoms. The Kier molecular flexibility index (Phi) is 5.74. The lowest BCUT2D eigenvalue weighted by atomic mass is 10.1. The SMILES string of the molecule is COc1ccc(S(=O)(=O)c2ccccc2)cc1-c1ccc(CN2CCCCC2)[nH]1. The van der Waals surface area contributed by atoms with Crippen LogP contribution in [0.1, 0.15) is 25.0 Å². The highest BCUT2D eigenvalue weighted by Crippen LogP contribution is 2.33. The van der Waals surface area contributed by atoms with E-state index in [9.17, 15) is 8.42 Å². The van der Waals surface area contributed by atoms with Gasteiger partial charge in [-0.05, 0) is 68.4 Å². The third-order valence-electron chi connectivity index (χ3n) is 5.41. The number of hydrogen-bond donors (Lipinski definition) is 1. The molecule has 3 aromatic rings. The molecule has 152 valence electrons. The van der Waals surface area contributed by atoms with Crippen molar-refractivity contribution in [3.05, 3.63) is 66.4 Å². The van der Waals surface area contributed by atoms with E-state index in [0.717, 1.165) is 36.6 Å². The Morgan fingerprint density at radius 3 is 2.41 bits per heavy atom. The Bertz CT molecular complexity index is 1070. The molecule has 4 rings (SSSR count). The molecule has 29 heavy (non-hydrogen) atoms. The Morgan fingerprint density at radius 2 is 1.69 bits per heavy atom. The monoisotopic (exact) mass is 410 g/mol. The number of nitrogens with one attached hydrogen (secondary N) is 1.